The molecule has 0 aliphatic rings. The summed E-state index contributed by atoms with van der Waals surface area (Å²) in [5.74, 6) is 1.47. The fraction of sp³-hybridized carbons (Fsp3) is 0.333. The Morgan fingerprint density at radius 2 is 1.92 bits per heavy atom. The molecule has 0 saturated heterocycles. The third kappa shape index (κ3) is 3.49. The van der Waals surface area contributed by atoms with Crippen molar-refractivity contribution in [2.45, 2.75) is 33.1 Å². The minimum Gasteiger partial charge on any atom is -0.461 e. The third-order valence-electron chi connectivity index (χ3n) is 4.06. The van der Waals surface area contributed by atoms with E-state index in [1.807, 2.05) is 34.5 Å². The Morgan fingerprint density at radius 3 is 2.54 bits per heavy atom. The van der Waals surface area contributed by atoms with E-state index in [9.17, 15) is 0 Å². The van der Waals surface area contributed by atoms with Gasteiger partial charge in [0, 0.05) is 19.6 Å². The predicted molar refractivity (Wildman–Crippen MR) is 96.9 cm³/mol. The van der Waals surface area contributed by atoms with Crippen LogP contribution in [0.1, 0.15) is 19.4 Å². The highest BCUT2D eigenvalue weighted by Crippen LogP contribution is 2.18. The number of hydrogen-bond donors (Lipinski definition) is 0. The predicted octanol–water partition coefficient (Wildman–Crippen LogP) is 4.08. The van der Waals surface area contributed by atoms with Gasteiger partial charge in [-0.05, 0) is 43.8 Å². The summed E-state index contributed by atoms with van der Waals surface area (Å²) in [6.45, 7) is 5.86. The second kappa shape index (κ2) is 7.15. The van der Waals surface area contributed by atoms with Crippen LogP contribution in [-0.4, -0.2) is 25.3 Å². The van der Waals surface area contributed by atoms with E-state index in [4.69, 9.17) is 16.6 Å². The largest absolute Gasteiger partial charge is 0.461 e. The first-order valence-electron chi connectivity index (χ1n) is 8.02. The maximum Gasteiger partial charge on any atom is 0.199 e. The van der Waals surface area contributed by atoms with E-state index in [1.54, 1.807) is 6.26 Å². The summed E-state index contributed by atoms with van der Waals surface area (Å²) in [5, 5.41) is 4.66. The molecule has 1 aromatic carbocycles. The van der Waals surface area contributed by atoms with Gasteiger partial charge < -0.3 is 8.98 Å². The van der Waals surface area contributed by atoms with E-state index in [0.29, 0.717) is 17.5 Å². The lowest BCUT2D eigenvalue weighted by Crippen LogP contribution is -2.33. The molecule has 126 valence electrons. The van der Waals surface area contributed by atoms with Crippen molar-refractivity contribution in [1.82, 2.24) is 19.2 Å². The lowest BCUT2D eigenvalue weighted by molar-refractivity contribution is 0.153. The number of rotatable bonds is 6. The lowest BCUT2D eigenvalue weighted by atomic mass is 10.2. The van der Waals surface area contributed by atoms with Crippen molar-refractivity contribution < 1.29 is 4.42 Å². The van der Waals surface area contributed by atoms with Crippen molar-refractivity contribution in [3.05, 3.63) is 59.1 Å². The van der Waals surface area contributed by atoms with E-state index < -0.39 is 0 Å². The van der Waals surface area contributed by atoms with Crippen molar-refractivity contribution >= 4 is 12.2 Å². The zero-order valence-electron chi connectivity index (χ0n) is 14.2. The molecule has 0 amide bonds. The summed E-state index contributed by atoms with van der Waals surface area (Å²) in [5.41, 5.74) is 1.28. The summed E-state index contributed by atoms with van der Waals surface area (Å²) in [6, 6.07) is 14.6. The van der Waals surface area contributed by atoms with Gasteiger partial charge in [-0.15, -0.1) is 5.10 Å². The molecule has 0 aliphatic carbocycles. The second-order valence-corrected chi connectivity index (χ2v) is 6.47. The lowest BCUT2D eigenvalue weighted by Gasteiger charge is -2.26. The van der Waals surface area contributed by atoms with Crippen LogP contribution in [0.3, 0.4) is 0 Å². The molecular formula is C18H22N4OS. The Hall–Kier alpha value is -2.18. The molecule has 0 bridgehead atoms. The fourth-order valence-electron chi connectivity index (χ4n) is 2.59. The molecule has 2 aromatic heterocycles. The maximum absolute atomic E-state index is 5.55. The zero-order chi connectivity index (χ0) is 17.1. The van der Waals surface area contributed by atoms with Crippen LogP contribution in [0.5, 0.6) is 0 Å². The molecule has 0 N–H and O–H groups in total. The van der Waals surface area contributed by atoms with Crippen LogP contribution in [0.2, 0.25) is 0 Å². The molecule has 2 heterocycles. The minimum atomic E-state index is 0.376. The molecule has 6 heteroatoms. The molecule has 3 rings (SSSR count). The van der Waals surface area contributed by atoms with Gasteiger partial charge in [-0.2, -0.15) is 0 Å². The van der Waals surface area contributed by atoms with E-state index >= 15 is 0 Å². The summed E-state index contributed by atoms with van der Waals surface area (Å²) in [4.78, 5) is 2.34. The molecule has 0 saturated carbocycles. The van der Waals surface area contributed by atoms with Crippen LogP contribution < -0.4 is 0 Å². The number of furan rings is 1. The minimum absolute atomic E-state index is 0.376. The Bertz CT molecular complexity index is 834. The number of aromatic nitrogens is 3. The van der Waals surface area contributed by atoms with Crippen LogP contribution in [-0.2, 0) is 20.3 Å². The van der Waals surface area contributed by atoms with Gasteiger partial charge in [0.2, 0.25) is 0 Å². The van der Waals surface area contributed by atoms with Gasteiger partial charge in [-0.25, -0.2) is 4.68 Å². The van der Waals surface area contributed by atoms with E-state index in [2.05, 4.69) is 48.1 Å². The van der Waals surface area contributed by atoms with E-state index in [1.165, 1.54) is 5.56 Å². The molecule has 3 aromatic rings. The van der Waals surface area contributed by atoms with E-state index in [0.717, 1.165) is 18.1 Å². The Labute approximate surface area is 147 Å². The molecule has 5 nitrogen and oxygen atoms in total. The topological polar surface area (TPSA) is 39.1 Å². The first-order chi connectivity index (χ1) is 11.6. The van der Waals surface area contributed by atoms with Gasteiger partial charge in [-0.1, -0.05) is 30.3 Å². The molecule has 0 fully saturated rings. The van der Waals surface area contributed by atoms with Gasteiger partial charge in [0.05, 0.1) is 12.9 Å². The zero-order valence-corrected chi connectivity index (χ0v) is 15.0. The van der Waals surface area contributed by atoms with Gasteiger partial charge in [0.15, 0.2) is 16.4 Å². The SMILES string of the molecule is CC(C)N(Cc1ccccc1)Cn1nc(-c2ccco2)n(C)c1=S. The fourth-order valence-corrected chi connectivity index (χ4v) is 2.77. The monoisotopic (exact) mass is 342 g/mol. The van der Waals surface area contributed by atoms with Crippen LogP contribution in [0, 0.1) is 4.77 Å². The second-order valence-electron chi connectivity index (χ2n) is 6.11. The number of benzene rings is 1. The van der Waals surface area contributed by atoms with Gasteiger partial charge in [0.25, 0.3) is 0 Å². The molecule has 0 aliphatic heterocycles. The molecule has 0 unspecified atom stereocenters. The van der Waals surface area contributed by atoms with Gasteiger partial charge in [-0.3, -0.25) is 4.90 Å². The van der Waals surface area contributed by atoms with Crippen LogP contribution in [0.4, 0.5) is 0 Å². The average Bonchev–Trinajstić information content (AvgIpc) is 3.19. The molecular weight excluding hydrogens is 320 g/mol. The van der Waals surface area contributed by atoms with E-state index in [-0.39, 0.29) is 0 Å². The van der Waals surface area contributed by atoms with Gasteiger partial charge in [0.1, 0.15) is 0 Å². The molecule has 0 spiro atoms. The smallest absolute Gasteiger partial charge is 0.199 e. The number of nitrogens with zero attached hydrogens (tertiary/aromatic N) is 4. The highest BCUT2D eigenvalue weighted by molar-refractivity contribution is 7.71. The molecule has 24 heavy (non-hydrogen) atoms. The van der Waals surface area contributed by atoms with Crippen molar-refractivity contribution in [1.29, 1.82) is 0 Å². The Balaban J connectivity index is 1.85. The first-order valence-corrected chi connectivity index (χ1v) is 8.43. The van der Waals surface area contributed by atoms with Crippen molar-refractivity contribution in [3.8, 4) is 11.6 Å². The van der Waals surface area contributed by atoms with Gasteiger partial charge >= 0.3 is 0 Å². The van der Waals surface area contributed by atoms with Crippen LogP contribution in [0.25, 0.3) is 11.6 Å². The highest BCUT2D eigenvalue weighted by Gasteiger charge is 2.16. The highest BCUT2D eigenvalue weighted by atomic mass is 32.1. The summed E-state index contributed by atoms with van der Waals surface area (Å²) < 4.78 is 9.88. The standard InChI is InChI=1S/C18H22N4OS/c1-14(2)21(12-15-8-5-4-6-9-15)13-22-18(24)20(3)17(19-22)16-10-7-11-23-16/h4-11,14H,12-13H2,1-3H3. The average molecular weight is 342 g/mol. The first kappa shape index (κ1) is 16.7. The maximum atomic E-state index is 5.55. The summed E-state index contributed by atoms with van der Waals surface area (Å²) >= 11 is 5.55. The van der Waals surface area contributed by atoms with Crippen molar-refractivity contribution in [2.24, 2.45) is 7.05 Å². The third-order valence-corrected chi connectivity index (χ3v) is 4.54. The van der Waals surface area contributed by atoms with Crippen molar-refractivity contribution in [3.63, 3.8) is 0 Å². The Morgan fingerprint density at radius 1 is 1.17 bits per heavy atom. The van der Waals surface area contributed by atoms with Crippen LogP contribution in [0.15, 0.2) is 53.1 Å². The summed E-state index contributed by atoms with van der Waals surface area (Å²) in [7, 11) is 1.92. The summed E-state index contributed by atoms with van der Waals surface area (Å²) in [6.07, 6.45) is 1.65. The number of hydrogen-bond acceptors (Lipinski definition) is 4. The normalized spacial score (nSPS) is 11.5. The molecule has 0 radical (unpaired) electrons. The quantitative estimate of drug-likeness (QED) is 0.633. The molecule has 0 atom stereocenters. The Kier molecular flexibility index (Phi) is 4.97. The van der Waals surface area contributed by atoms with Crippen molar-refractivity contribution in [2.75, 3.05) is 0 Å². The van der Waals surface area contributed by atoms with Crippen LogP contribution >= 0.6 is 12.2 Å².